The first-order valence-electron chi connectivity index (χ1n) is 5.50. The molecule has 2 unspecified atom stereocenters. The Morgan fingerprint density at radius 3 is 3.06 bits per heavy atom. The maximum absolute atomic E-state index is 6.21. The van der Waals surface area contributed by atoms with Gasteiger partial charge in [-0.25, -0.2) is 0 Å². The number of hydrogen-bond donors (Lipinski definition) is 1. The van der Waals surface area contributed by atoms with E-state index < -0.39 is 0 Å². The SMILES string of the molecule is NC1CC2(CCOC2)Oc2ccc(Br)cc21. The molecule has 1 fully saturated rings. The van der Waals surface area contributed by atoms with Crippen LogP contribution in [0.1, 0.15) is 24.4 Å². The highest BCUT2D eigenvalue weighted by molar-refractivity contribution is 9.10. The van der Waals surface area contributed by atoms with E-state index in [2.05, 4.69) is 15.9 Å². The molecule has 1 aromatic carbocycles. The summed E-state index contributed by atoms with van der Waals surface area (Å²) in [6.45, 7) is 1.44. The van der Waals surface area contributed by atoms with E-state index in [-0.39, 0.29) is 11.6 Å². The average molecular weight is 284 g/mol. The Balaban J connectivity index is 1.99. The zero-order chi connectivity index (χ0) is 11.2. The number of ether oxygens (including phenoxy) is 2. The first-order valence-corrected chi connectivity index (χ1v) is 6.30. The van der Waals surface area contributed by atoms with Gasteiger partial charge in [0.05, 0.1) is 13.2 Å². The van der Waals surface area contributed by atoms with Crippen LogP contribution < -0.4 is 10.5 Å². The topological polar surface area (TPSA) is 44.5 Å². The molecule has 0 radical (unpaired) electrons. The van der Waals surface area contributed by atoms with E-state index in [1.165, 1.54) is 0 Å². The normalized spacial score (nSPS) is 32.5. The number of rotatable bonds is 0. The van der Waals surface area contributed by atoms with Crippen LogP contribution in [0, 0.1) is 0 Å². The third kappa shape index (κ3) is 1.65. The van der Waals surface area contributed by atoms with Crippen LogP contribution in [0.4, 0.5) is 0 Å². The molecular formula is C12H14BrNO2. The lowest BCUT2D eigenvalue weighted by Gasteiger charge is -2.37. The number of benzene rings is 1. The molecule has 2 atom stereocenters. The van der Waals surface area contributed by atoms with Crippen LogP contribution in [0.25, 0.3) is 0 Å². The van der Waals surface area contributed by atoms with Crippen LogP contribution in [-0.4, -0.2) is 18.8 Å². The minimum Gasteiger partial charge on any atom is -0.484 e. The molecule has 0 aromatic heterocycles. The summed E-state index contributed by atoms with van der Waals surface area (Å²) in [4.78, 5) is 0. The molecule has 1 aromatic rings. The molecule has 16 heavy (non-hydrogen) atoms. The van der Waals surface area contributed by atoms with Gasteiger partial charge in [0.25, 0.3) is 0 Å². The van der Waals surface area contributed by atoms with Gasteiger partial charge in [-0.15, -0.1) is 0 Å². The standard InChI is InChI=1S/C12H14BrNO2/c13-8-1-2-11-9(5-8)10(14)6-12(16-11)3-4-15-7-12/h1-2,5,10H,3-4,6-7,14H2. The molecule has 0 saturated carbocycles. The Bertz CT molecular complexity index is 415. The largest absolute Gasteiger partial charge is 0.484 e. The molecule has 0 aliphatic carbocycles. The summed E-state index contributed by atoms with van der Waals surface area (Å²) in [6.07, 6.45) is 1.78. The van der Waals surface area contributed by atoms with E-state index in [1.807, 2.05) is 18.2 Å². The van der Waals surface area contributed by atoms with Crippen molar-refractivity contribution in [2.24, 2.45) is 5.73 Å². The monoisotopic (exact) mass is 283 g/mol. The van der Waals surface area contributed by atoms with Gasteiger partial charge in [-0.1, -0.05) is 15.9 Å². The molecule has 2 aliphatic heterocycles. The number of nitrogens with two attached hydrogens (primary N) is 1. The van der Waals surface area contributed by atoms with Gasteiger partial charge in [0.2, 0.25) is 0 Å². The molecule has 1 spiro atoms. The third-order valence-corrected chi connectivity index (χ3v) is 3.85. The number of fused-ring (bicyclic) bond motifs is 1. The fraction of sp³-hybridized carbons (Fsp3) is 0.500. The van der Waals surface area contributed by atoms with Crippen LogP contribution >= 0.6 is 15.9 Å². The summed E-state index contributed by atoms with van der Waals surface area (Å²) < 4.78 is 12.6. The molecular weight excluding hydrogens is 270 g/mol. The lowest BCUT2D eigenvalue weighted by atomic mass is 9.87. The molecule has 4 heteroatoms. The molecule has 3 rings (SSSR count). The highest BCUT2D eigenvalue weighted by atomic mass is 79.9. The molecule has 3 nitrogen and oxygen atoms in total. The molecule has 2 N–H and O–H groups in total. The first-order chi connectivity index (χ1) is 7.69. The number of hydrogen-bond acceptors (Lipinski definition) is 3. The predicted molar refractivity (Wildman–Crippen MR) is 64.5 cm³/mol. The molecule has 0 bridgehead atoms. The second kappa shape index (κ2) is 3.72. The lowest BCUT2D eigenvalue weighted by Crippen LogP contribution is -2.43. The minimum atomic E-state index is -0.180. The zero-order valence-electron chi connectivity index (χ0n) is 8.91. The van der Waals surface area contributed by atoms with Gasteiger partial charge < -0.3 is 15.2 Å². The Hall–Kier alpha value is -0.580. The Morgan fingerprint density at radius 2 is 2.31 bits per heavy atom. The molecule has 1 saturated heterocycles. The first kappa shape index (κ1) is 10.6. The average Bonchev–Trinajstić information content (AvgIpc) is 2.68. The van der Waals surface area contributed by atoms with Gasteiger partial charge >= 0.3 is 0 Å². The van der Waals surface area contributed by atoms with E-state index in [0.717, 1.165) is 35.2 Å². The van der Waals surface area contributed by atoms with E-state index in [1.54, 1.807) is 0 Å². The minimum absolute atomic E-state index is 0.0444. The van der Waals surface area contributed by atoms with Crippen molar-refractivity contribution in [3.05, 3.63) is 28.2 Å². The summed E-state index contributed by atoms with van der Waals surface area (Å²) in [5.74, 6) is 0.910. The zero-order valence-corrected chi connectivity index (χ0v) is 10.5. The third-order valence-electron chi connectivity index (χ3n) is 3.36. The summed E-state index contributed by atoms with van der Waals surface area (Å²) in [7, 11) is 0. The molecule has 2 heterocycles. The van der Waals surface area contributed by atoms with Gasteiger partial charge in [0, 0.05) is 28.9 Å². The van der Waals surface area contributed by atoms with E-state index in [4.69, 9.17) is 15.2 Å². The maximum atomic E-state index is 6.21. The van der Waals surface area contributed by atoms with Crippen molar-refractivity contribution in [2.75, 3.05) is 13.2 Å². The van der Waals surface area contributed by atoms with Gasteiger partial charge in [-0.3, -0.25) is 0 Å². The smallest absolute Gasteiger partial charge is 0.136 e. The van der Waals surface area contributed by atoms with E-state index in [9.17, 15) is 0 Å². The molecule has 86 valence electrons. The Kier molecular flexibility index (Phi) is 2.46. The van der Waals surface area contributed by atoms with Crippen molar-refractivity contribution in [2.45, 2.75) is 24.5 Å². The lowest BCUT2D eigenvalue weighted by molar-refractivity contribution is 0.0235. The van der Waals surface area contributed by atoms with Crippen molar-refractivity contribution in [1.82, 2.24) is 0 Å². The quantitative estimate of drug-likeness (QED) is 0.795. The second-order valence-corrected chi connectivity index (χ2v) is 5.50. The van der Waals surface area contributed by atoms with Crippen molar-refractivity contribution >= 4 is 15.9 Å². The van der Waals surface area contributed by atoms with Gasteiger partial charge in [-0.2, -0.15) is 0 Å². The van der Waals surface area contributed by atoms with Crippen molar-refractivity contribution in [3.63, 3.8) is 0 Å². The van der Waals surface area contributed by atoms with Crippen LogP contribution in [0.2, 0.25) is 0 Å². The summed E-state index contributed by atoms with van der Waals surface area (Å²) in [5.41, 5.74) is 7.12. The van der Waals surface area contributed by atoms with Crippen LogP contribution in [0.5, 0.6) is 5.75 Å². The molecule has 2 aliphatic rings. The van der Waals surface area contributed by atoms with E-state index >= 15 is 0 Å². The van der Waals surface area contributed by atoms with Crippen LogP contribution in [-0.2, 0) is 4.74 Å². The highest BCUT2D eigenvalue weighted by Crippen LogP contribution is 2.42. The van der Waals surface area contributed by atoms with Crippen molar-refractivity contribution < 1.29 is 9.47 Å². The van der Waals surface area contributed by atoms with Gasteiger partial charge in [0.1, 0.15) is 11.4 Å². The van der Waals surface area contributed by atoms with Gasteiger partial charge in [0.15, 0.2) is 0 Å². The number of halogens is 1. The summed E-state index contributed by atoms with van der Waals surface area (Å²) in [6, 6.07) is 6.06. The highest BCUT2D eigenvalue weighted by Gasteiger charge is 2.43. The van der Waals surface area contributed by atoms with Crippen molar-refractivity contribution in [1.29, 1.82) is 0 Å². The van der Waals surface area contributed by atoms with Crippen LogP contribution in [0.3, 0.4) is 0 Å². The maximum Gasteiger partial charge on any atom is 0.136 e. The fourth-order valence-electron chi connectivity index (χ4n) is 2.52. The Morgan fingerprint density at radius 1 is 1.44 bits per heavy atom. The van der Waals surface area contributed by atoms with Crippen molar-refractivity contribution in [3.8, 4) is 5.75 Å². The Labute approximate surface area is 103 Å². The summed E-state index contributed by atoms with van der Waals surface area (Å²) >= 11 is 3.46. The molecule has 0 amide bonds. The second-order valence-electron chi connectivity index (χ2n) is 4.58. The fourth-order valence-corrected chi connectivity index (χ4v) is 2.90. The predicted octanol–water partition coefficient (Wildman–Crippen LogP) is 2.39. The van der Waals surface area contributed by atoms with Gasteiger partial charge in [-0.05, 0) is 18.2 Å². The van der Waals surface area contributed by atoms with E-state index in [0.29, 0.717) is 6.61 Å². The van der Waals surface area contributed by atoms with Crippen LogP contribution in [0.15, 0.2) is 22.7 Å². The summed E-state index contributed by atoms with van der Waals surface area (Å²) in [5, 5.41) is 0.